The molecule has 2 fully saturated rings. The van der Waals surface area contributed by atoms with Gasteiger partial charge in [0.15, 0.2) is 5.78 Å². The van der Waals surface area contributed by atoms with Crippen molar-refractivity contribution in [2.45, 2.75) is 59.8 Å². The first kappa shape index (κ1) is 15.3. The molecule has 2 saturated carbocycles. The maximum Gasteiger partial charge on any atom is 0.310 e. The Labute approximate surface area is 121 Å². The normalized spacial score (nSPS) is 34.7. The van der Waals surface area contributed by atoms with Crippen LogP contribution in [0.25, 0.3) is 0 Å². The van der Waals surface area contributed by atoms with E-state index in [4.69, 9.17) is 0 Å². The summed E-state index contributed by atoms with van der Waals surface area (Å²) in [4.78, 5) is 24.1. The topological polar surface area (TPSA) is 54.4 Å². The second-order valence-corrected chi connectivity index (χ2v) is 7.18. The van der Waals surface area contributed by atoms with Gasteiger partial charge in [0.05, 0.1) is 5.92 Å². The van der Waals surface area contributed by atoms with E-state index in [1.54, 1.807) is 6.08 Å². The molecule has 0 aromatic heterocycles. The third kappa shape index (κ3) is 2.02. The van der Waals surface area contributed by atoms with Crippen molar-refractivity contribution in [1.82, 2.24) is 0 Å². The zero-order valence-electron chi connectivity index (χ0n) is 13.0. The van der Waals surface area contributed by atoms with Crippen LogP contribution in [-0.2, 0) is 9.59 Å². The van der Waals surface area contributed by atoms with Crippen LogP contribution in [0.4, 0.5) is 0 Å². The Morgan fingerprint density at radius 3 is 2.55 bits per heavy atom. The van der Waals surface area contributed by atoms with Gasteiger partial charge in [0.1, 0.15) is 0 Å². The molecule has 3 nitrogen and oxygen atoms in total. The molecule has 112 valence electrons. The molecular weight excluding hydrogens is 252 g/mol. The summed E-state index contributed by atoms with van der Waals surface area (Å²) < 4.78 is 0. The van der Waals surface area contributed by atoms with Gasteiger partial charge >= 0.3 is 5.97 Å². The van der Waals surface area contributed by atoms with E-state index in [0.717, 1.165) is 31.3 Å². The zero-order chi connectivity index (χ0) is 15.1. The zero-order valence-corrected chi connectivity index (χ0v) is 13.0. The number of fused-ring (bicyclic) bond motifs is 2. The lowest BCUT2D eigenvalue weighted by Crippen LogP contribution is -2.32. The summed E-state index contributed by atoms with van der Waals surface area (Å²) in [6.07, 6.45) is 6.23. The van der Waals surface area contributed by atoms with E-state index >= 15 is 0 Å². The minimum atomic E-state index is -0.801. The molecule has 2 bridgehead atoms. The molecule has 0 unspecified atom stereocenters. The van der Waals surface area contributed by atoms with Gasteiger partial charge in [-0.05, 0) is 36.2 Å². The Balaban J connectivity index is 2.31. The average Bonchev–Trinajstić information content (AvgIpc) is 2.67. The van der Waals surface area contributed by atoms with Gasteiger partial charge in [0, 0.05) is 5.41 Å². The molecule has 0 amide bonds. The molecule has 0 saturated heterocycles. The highest BCUT2D eigenvalue weighted by molar-refractivity contribution is 6.05. The Kier molecular flexibility index (Phi) is 3.83. The van der Waals surface area contributed by atoms with Gasteiger partial charge in [0.25, 0.3) is 0 Å². The lowest BCUT2D eigenvalue weighted by molar-refractivity contribution is -0.140. The number of hydrogen-bond acceptors (Lipinski definition) is 2. The monoisotopic (exact) mass is 278 g/mol. The van der Waals surface area contributed by atoms with Crippen LogP contribution in [0.5, 0.6) is 0 Å². The fourth-order valence-corrected chi connectivity index (χ4v) is 4.04. The molecule has 2 aliphatic rings. The fraction of sp³-hybridized carbons (Fsp3) is 0.765. The highest BCUT2D eigenvalue weighted by Crippen LogP contribution is 2.65. The number of rotatable bonds is 5. The van der Waals surface area contributed by atoms with Gasteiger partial charge in [-0.3, -0.25) is 9.59 Å². The van der Waals surface area contributed by atoms with Crippen molar-refractivity contribution in [3.8, 4) is 0 Å². The highest BCUT2D eigenvalue weighted by atomic mass is 16.4. The standard InChI is InChI=1S/C17H26O3/c1-5-6-7-11(15(19)20)10-12-13-8-9-17(4,14(12)18)16(13,2)3/h10-11,13H,5-9H2,1-4H3,(H,19,20)/b12-10+/t11-,13-,17-/m0/s1. The first-order chi connectivity index (χ1) is 9.25. The van der Waals surface area contributed by atoms with Crippen LogP contribution in [0.2, 0.25) is 0 Å². The molecule has 3 heteroatoms. The predicted octanol–water partition coefficient (Wildman–Crippen LogP) is 3.83. The van der Waals surface area contributed by atoms with Gasteiger partial charge < -0.3 is 5.11 Å². The van der Waals surface area contributed by atoms with Gasteiger partial charge in [-0.25, -0.2) is 0 Å². The summed E-state index contributed by atoms with van der Waals surface area (Å²) in [5.41, 5.74) is 0.466. The van der Waals surface area contributed by atoms with Crippen molar-refractivity contribution in [2.75, 3.05) is 0 Å². The van der Waals surface area contributed by atoms with Crippen LogP contribution < -0.4 is 0 Å². The molecule has 3 atom stereocenters. The Hall–Kier alpha value is -1.12. The molecule has 0 aromatic carbocycles. The fourth-order valence-electron chi connectivity index (χ4n) is 4.04. The van der Waals surface area contributed by atoms with E-state index in [1.807, 2.05) is 0 Å². The summed E-state index contributed by atoms with van der Waals surface area (Å²) in [6.45, 7) is 8.42. The van der Waals surface area contributed by atoms with Gasteiger partial charge in [0.2, 0.25) is 0 Å². The van der Waals surface area contributed by atoms with E-state index in [1.165, 1.54) is 0 Å². The number of aliphatic carboxylic acids is 1. The maximum atomic E-state index is 12.7. The number of Topliss-reactive ketones (excluding diaryl/α,β-unsaturated/α-hetero) is 1. The van der Waals surface area contributed by atoms with Gasteiger partial charge in [-0.2, -0.15) is 0 Å². The van der Waals surface area contributed by atoms with E-state index < -0.39 is 11.9 Å². The molecule has 0 heterocycles. The number of unbranched alkanes of at least 4 members (excludes halogenated alkanes) is 1. The van der Waals surface area contributed by atoms with Crippen molar-refractivity contribution in [3.63, 3.8) is 0 Å². The Morgan fingerprint density at radius 2 is 2.10 bits per heavy atom. The average molecular weight is 278 g/mol. The molecular formula is C17H26O3. The molecule has 0 spiro atoms. The van der Waals surface area contributed by atoms with Crippen molar-refractivity contribution in [1.29, 1.82) is 0 Å². The number of carboxylic acid groups (broad SMARTS) is 1. The van der Waals surface area contributed by atoms with Gasteiger partial charge in [-0.1, -0.05) is 46.6 Å². The lowest BCUT2D eigenvalue weighted by atomic mass is 9.70. The SMILES string of the molecule is CCCC[C@@H](/C=C1/C(=O)[C@]2(C)CC[C@@H]1C2(C)C)C(=O)O. The maximum absolute atomic E-state index is 12.7. The van der Waals surface area contributed by atoms with E-state index in [0.29, 0.717) is 6.42 Å². The van der Waals surface area contributed by atoms with Crippen molar-refractivity contribution >= 4 is 11.8 Å². The van der Waals surface area contributed by atoms with Crippen LogP contribution in [-0.4, -0.2) is 16.9 Å². The summed E-state index contributed by atoms with van der Waals surface area (Å²) in [5.74, 6) is -0.873. The highest BCUT2D eigenvalue weighted by Gasteiger charge is 2.63. The Bertz CT molecular complexity index is 461. The van der Waals surface area contributed by atoms with E-state index in [9.17, 15) is 14.7 Å². The summed E-state index contributed by atoms with van der Waals surface area (Å²) in [5, 5.41) is 9.36. The van der Waals surface area contributed by atoms with Crippen LogP contribution in [0, 0.1) is 22.7 Å². The number of hydrogen-bond donors (Lipinski definition) is 1. The molecule has 0 aliphatic heterocycles. The quantitative estimate of drug-likeness (QED) is 0.778. The summed E-state index contributed by atoms with van der Waals surface area (Å²) in [7, 11) is 0. The van der Waals surface area contributed by atoms with Crippen LogP contribution in [0.3, 0.4) is 0 Å². The smallest absolute Gasteiger partial charge is 0.310 e. The summed E-state index contributed by atoms with van der Waals surface area (Å²) >= 11 is 0. The first-order valence-corrected chi connectivity index (χ1v) is 7.75. The minimum Gasteiger partial charge on any atom is -0.481 e. The van der Waals surface area contributed by atoms with Gasteiger partial charge in [-0.15, -0.1) is 0 Å². The third-order valence-corrected chi connectivity index (χ3v) is 5.93. The third-order valence-electron chi connectivity index (χ3n) is 5.93. The number of ketones is 1. The largest absolute Gasteiger partial charge is 0.481 e. The van der Waals surface area contributed by atoms with Crippen molar-refractivity contribution < 1.29 is 14.7 Å². The first-order valence-electron chi connectivity index (χ1n) is 7.75. The minimum absolute atomic E-state index is 0.0380. The summed E-state index contributed by atoms with van der Waals surface area (Å²) in [6, 6.07) is 0. The lowest BCUT2D eigenvalue weighted by Gasteiger charge is -2.31. The molecule has 0 radical (unpaired) electrons. The molecule has 0 aromatic rings. The van der Waals surface area contributed by atoms with Crippen LogP contribution in [0.15, 0.2) is 11.6 Å². The van der Waals surface area contributed by atoms with E-state index in [2.05, 4.69) is 27.7 Å². The molecule has 20 heavy (non-hydrogen) atoms. The van der Waals surface area contributed by atoms with E-state index in [-0.39, 0.29) is 22.5 Å². The second-order valence-electron chi connectivity index (χ2n) is 7.18. The molecule has 2 rings (SSSR count). The molecule has 1 N–H and O–H groups in total. The van der Waals surface area contributed by atoms with Crippen LogP contribution in [0.1, 0.15) is 59.8 Å². The number of carboxylic acids is 1. The molecule has 2 aliphatic carbocycles. The number of carbonyl (C=O) groups is 2. The van der Waals surface area contributed by atoms with Crippen molar-refractivity contribution in [3.05, 3.63) is 11.6 Å². The van der Waals surface area contributed by atoms with Crippen molar-refractivity contribution in [2.24, 2.45) is 22.7 Å². The number of carbonyl (C=O) groups excluding carboxylic acids is 1. The Morgan fingerprint density at radius 1 is 1.45 bits per heavy atom. The predicted molar refractivity (Wildman–Crippen MR) is 78.4 cm³/mol. The number of allylic oxidation sites excluding steroid dienone is 1. The second kappa shape index (κ2) is 5.01. The van der Waals surface area contributed by atoms with Crippen LogP contribution >= 0.6 is 0 Å².